The third kappa shape index (κ3) is 3.17. The first-order valence-corrected chi connectivity index (χ1v) is 8.13. The van der Waals surface area contributed by atoms with Gasteiger partial charge in [-0.25, -0.2) is 0 Å². The van der Waals surface area contributed by atoms with Crippen LogP contribution >= 0.6 is 0 Å². The van der Waals surface area contributed by atoms with Gasteiger partial charge in [-0.05, 0) is 75.6 Å². The second-order valence-corrected chi connectivity index (χ2v) is 7.54. The van der Waals surface area contributed by atoms with Crippen LogP contribution in [0.5, 0.6) is 0 Å². The lowest BCUT2D eigenvalue weighted by Crippen LogP contribution is -2.39. The molecule has 1 heterocycles. The van der Waals surface area contributed by atoms with Crippen LogP contribution in [0.1, 0.15) is 44.7 Å². The van der Waals surface area contributed by atoms with Gasteiger partial charge in [0.2, 0.25) is 0 Å². The number of hydrogen-bond acceptors (Lipinski definition) is 2. The Labute approximate surface area is 123 Å². The lowest BCUT2D eigenvalue weighted by atomic mass is 10.1. The van der Waals surface area contributed by atoms with Crippen molar-refractivity contribution in [1.82, 2.24) is 5.32 Å². The number of nitrogens with zero attached hydrogens (tertiary/aromatic N) is 1. The summed E-state index contributed by atoms with van der Waals surface area (Å²) in [5.41, 5.74) is 4.86. The highest BCUT2D eigenvalue weighted by Crippen LogP contribution is 2.29. The van der Waals surface area contributed by atoms with Crippen LogP contribution in [0.3, 0.4) is 0 Å². The first-order chi connectivity index (χ1) is 9.51. The molecule has 1 unspecified atom stereocenters. The topological polar surface area (TPSA) is 15.3 Å². The monoisotopic (exact) mass is 272 g/mol. The van der Waals surface area contributed by atoms with Crippen LogP contribution in [0.4, 0.5) is 5.69 Å². The normalized spacial score (nSPS) is 22.4. The van der Waals surface area contributed by atoms with Gasteiger partial charge in [-0.2, -0.15) is 0 Å². The molecule has 1 aliphatic carbocycles. The Kier molecular flexibility index (Phi) is 3.76. The number of aryl methyl sites for hydroxylation is 2. The molecule has 20 heavy (non-hydrogen) atoms. The molecule has 1 N–H and O–H groups in total. The molecule has 0 bridgehead atoms. The second kappa shape index (κ2) is 5.40. The van der Waals surface area contributed by atoms with Crippen molar-refractivity contribution in [3.63, 3.8) is 0 Å². The van der Waals surface area contributed by atoms with Crippen molar-refractivity contribution >= 4 is 5.69 Å². The van der Waals surface area contributed by atoms with Gasteiger partial charge in [-0.1, -0.05) is 6.07 Å². The minimum Gasteiger partial charge on any atom is -0.371 e. The van der Waals surface area contributed by atoms with E-state index >= 15 is 0 Å². The Bertz CT molecular complexity index is 473. The molecule has 0 radical (unpaired) electrons. The zero-order valence-corrected chi connectivity index (χ0v) is 13.2. The molecule has 2 nitrogen and oxygen atoms in total. The summed E-state index contributed by atoms with van der Waals surface area (Å²) in [7, 11) is 0. The molecule has 1 atom stereocenters. The number of rotatable bonds is 3. The quantitative estimate of drug-likeness (QED) is 0.907. The molecule has 0 aromatic heterocycles. The molecule has 110 valence electrons. The third-order valence-corrected chi connectivity index (χ3v) is 4.65. The number of fused-ring (bicyclic) bond motifs is 1. The molecule has 2 heteroatoms. The van der Waals surface area contributed by atoms with Gasteiger partial charge >= 0.3 is 0 Å². The van der Waals surface area contributed by atoms with Gasteiger partial charge in [0.05, 0.1) is 0 Å². The maximum atomic E-state index is 3.65. The largest absolute Gasteiger partial charge is 0.371 e. The molecule has 0 saturated carbocycles. The third-order valence-electron chi connectivity index (χ3n) is 4.65. The Morgan fingerprint density at radius 1 is 1.20 bits per heavy atom. The maximum absolute atomic E-state index is 3.65. The molecule has 1 aromatic carbocycles. The van der Waals surface area contributed by atoms with E-state index in [9.17, 15) is 0 Å². The van der Waals surface area contributed by atoms with Crippen molar-refractivity contribution in [2.75, 3.05) is 24.5 Å². The van der Waals surface area contributed by atoms with E-state index in [1.165, 1.54) is 44.5 Å². The zero-order valence-electron chi connectivity index (χ0n) is 13.2. The smallest absolute Gasteiger partial charge is 0.0369 e. The molecule has 3 rings (SSSR count). The first kappa shape index (κ1) is 13.9. The second-order valence-electron chi connectivity index (χ2n) is 7.54. The Hall–Kier alpha value is -1.02. The van der Waals surface area contributed by atoms with Gasteiger partial charge in [0, 0.05) is 30.9 Å². The molecular weight excluding hydrogens is 244 g/mol. The molecule has 0 amide bonds. The highest BCUT2D eigenvalue weighted by atomic mass is 15.2. The van der Waals surface area contributed by atoms with Crippen molar-refractivity contribution in [3.8, 4) is 0 Å². The molecule has 2 aliphatic rings. The molecule has 1 saturated heterocycles. The van der Waals surface area contributed by atoms with Crippen LogP contribution in [0.25, 0.3) is 0 Å². The Morgan fingerprint density at radius 3 is 2.80 bits per heavy atom. The van der Waals surface area contributed by atoms with E-state index in [1.54, 1.807) is 11.1 Å². The lowest BCUT2D eigenvalue weighted by molar-refractivity contribution is 0.383. The van der Waals surface area contributed by atoms with Crippen LogP contribution in [-0.4, -0.2) is 25.2 Å². The summed E-state index contributed by atoms with van der Waals surface area (Å²) in [4.78, 5) is 2.58. The van der Waals surface area contributed by atoms with E-state index in [1.807, 2.05) is 0 Å². The van der Waals surface area contributed by atoms with Crippen LogP contribution < -0.4 is 10.2 Å². The Balaban J connectivity index is 1.60. The van der Waals surface area contributed by atoms with Gasteiger partial charge in [-0.15, -0.1) is 0 Å². The van der Waals surface area contributed by atoms with E-state index in [0.29, 0.717) is 0 Å². The van der Waals surface area contributed by atoms with Crippen molar-refractivity contribution in [2.24, 2.45) is 5.92 Å². The summed E-state index contributed by atoms with van der Waals surface area (Å²) in [6, 6.07) is 7.14. The predicted octanol–water partition coefficient (Wildman–Crippen LogP) is 3.39. The first-order valence-electron chi connectivity index (χ1n) is 8.13. The van der Waals surface area contributed by atoms with E-state index in [-0.39, 0.29) is 5.54 Å². The standard InChI is InChI=1S/C18H28N2/c1-18(2,3)19-12-14-9-10-20(13-14)17-8-7-15-5-4-6-16(15)11-17/h7-8,11,14,19H,4-6,9-10,12-13H2,1-3H3. The van der Waals surface area contributed by atoms with E-state index in [0.717, 1.165) is 12.5 Å². The van der Waals surface area contributed by atoms with Gasteiger partial charge in [0.15, 0.2) is 0 Å². The predicted molar refractivity (Wildman–Crippen MR) is 86.5 cm³/mol. The van der Waals surface area contributed by atoms with Crippen LogP contribution in [0, 0.1) is 5.92 Å². The maximum Gasteiger partial charge on any atom is 0.0369 e. The van der Waals surface area contributed by atoms with E-state index in [4.69, 9.17) is 0 Å². The lowest BCUT2D eigenvalue weighted by Gasteiger charge is -2.24. The van der Waals surface area contributed by atoms with Crippen molar-refractivity contribution < 1.29 is 0 Å². The summed E-state index contributed by atoms with van der Waals surface area (Å²) in [5.74, 6) is 0.794. The van der Waals surface area contributed by atoms with E-state index in [2.05, 4.69) is 49.2 Å². The van der Waals surface area contributed by atoms with Gasteiger partial charge < -0.3 is 10.2 Å². The molecule has 1 aliphatic heterocycles. The SMILES string of the molecule is CC(C)(C)NCC1CCN(c2ccc3c(c2)CCC3)C1. The average Bonchev–Trinajstić information content (AvgIpc) is 3.03. The summed E-state index contributed by atoms with van der Waals surface area (Å²) in [6.45, 7) is 10.3. The number of anilines is 1. The van der Waals surface area contributed by atoms with E-state index < -0.39 is 0 Å². The van der Waals surface area contributed by atoms with Crippen molar-refractivity contribution in [2.45, 2.75) is 52.0 Å². The zero-order chi connectivity index (χ0) is 14.2. The average molecular weight is 272 g/mol. The minimum absolute atomic E-state index is 0.237. The molecule has 0 spiro atoms. The Morgan fingerprint density at radius 2 is 2.00 bits per heavy atom. The fraction of sp³-hybridized carbons (Fsp3) is 0.667. The minimum atomic E-state index is 0.237. The number of benzene rings is 1. The fourth-order valence-electron chi connectivity index (χ4n) is 3.44. The van der Waals surface area contributed by atoms with Crippen LogP contribution in [-0.2, 0) is 12.8 Å². The van der Waals surface area contributed by atoms with Crippen LogP contribution in [0.15, 0.2) is 18.2 Å². The van der Waals surface area contributed by atoms with Crippen molar-refractivity contribution in [3.05, 3.63) is 29.3 Å². The van der Waals surface area contributed by atoms with Gasteiger partial charge in [0.1, 0.15) is 0 Å². The van der Waals surface area contributed by atoms with Crippen LogP contribution in [0.2, 0.25) is 0 Å². The van der Waals surface area contributed by atoms with Gasteiger partial charge in [-0.3, -0.25) is 0 Å². The summed E-state index contributed by atoms with van der Waals surface area (Å²) in [6.07, 6.45) is 5.23. The molecule has 1 aromatic rings. The highest BCUT2D eigenvalue weighted by Gasteiger charge is 2.24. The van der Waals surface area contributed by atoms with Crippen molar-refractivity contribution in [1.29, 1.82) is 0 Å². The fourth-order valence-corrected chi connectivity index (χ4v) is 3.44. The highest BCUT2D eigenvalue weighted by molar-refractivity contribution is 5.53. The molecular formula is C18H28N2. The summed E-state index contributed by atoms with van der Waals surface area (Å²) < 4.78 is 0. The number of hydrogen-bond donors (Lipinski definition) is 1. The summed E-state index contributed by atoms with van der Waals surface area (Å²) >= 11 is 0. The van der Waals surface area contributed by atoms with Gasteiger partial charge in [0.25, 0.3) is 0 Å². The number of nitrogens with one attached hydrogen (secondary N) is 1. The summed E-state index contributed by atoms with van der Waals surface area (Å²) in [5, 5.41) is 3.65. The molecule has 1 fully saturated rings.